The van der Waals surface area contributed by atoms with Gasteiger partial charge < -0.3 is 10.5 Å². The minimum Gasteiger partial charge on any atom is -0.406 e. The molecule has 0 amide bonds. The number of hydrogen-bond acceptors (Lipinski definition) is 2. The van der Waals surface area contributed by atoms with Gasteiger partial charge in [0.05, 0.1) is 6.54 Å². The second-order valence-corrected chi connectivity index (χ2v) is 4.26. The highest BCUT2D eigenvalue weighted by Gasteiger charge is 2.31. The first-order chi connectivity index (χ1) is 9.94. The molecule has 110 valence electrons. The zero-order valence-corrected chi connectivity index (χ0v) is 11.0. The fourth-order valence-electron chi connectivity index (χ4n) is 1.70. The number of benzene rings is 2. The Bertz CT molecular complexity index is 624. The maximum atomic E-state index is 12.2. The van der Waals surface area contributed by atoms with Crippen LogP contribution in [-0.4, -0.2) is 12.2 Å². The number of alkyl halides is 3. The van der Waals surface area contributed by atoms with Gasteiger partial charge in [-0.15, -0.1) is 13.2 Å². The van der Waals surface area contributed by atoms with E-state index in [9.17, 15) is 13.2 Å². The monoisotopic (exact) mass is 294 g/mol. The van der Waals surface area contributed by atoms with Crippen LogP contribution >= 0.6 is 0 Å². The van der Waals surface area contributed by atoms with Crippen molar-refractivity contribution in [3.63, 3.8) is 0 Å². The molecule has 0 aliphatic heterocycles. The number of aliphatic imine (C=N–C) groups is 1. The molecular formula is C15H13F3N2O. The van der Waals surface area contributed by atoms with Gasteiger partial charge in [-0.05, 0) is 17.7 Å². The van der Waals surface area contributed by atoms with Crippen molar-refractivity contribution >= 4 is 5.84 Å². The summed E-state index contributed by atoms with van der Waals surface area (Å²) in [5.41, 5.74) is 7.13. The van der Waals surface area contributed by atoms with Gasteiger partial charge in [-0.2, -0.15) is 0 Å². The fourth-order valence-corrected chi connectivity index (χ4v) is 1.70. The van der Waals surface area contributed by atoms with Crippen LogP contribution in [0.3, 0.4) is 0 Å². The molecule has 0 fully saturated rings. The lowest BCUT2D eigenvalue weighted by molar-refractivity contribution is -0.274. The van der Waals surface area contributed by atoms with Crippen molar-refractivity contribution in [1.29, 1.82) is 0 Å². The number of nitrogens with two attached hydrogens (primary N) is 1. The highest BCUT2D eigenvalue weighted by molar-refractivity contribution is 5.97. The summed E-state index contributed by atoms with van der Waals surface area (Å²) in [5.74, 6) is -0.163. The molecular weight excluding hydrogens is 281 g/mol. The molecule has 0 heterocycles. The fraction of sp³-hybridized carbons (Fsp3) is 0.133. The second-order valence-electron chi connectivity index (χ2n) is 4.26. The third-order valence-electron chi connectivity index (χ3n) is 2.64. The first-order valence-corrected chi connectivity index (χ1v) is 6.14. The molecule has 0 saturated heterocycles. The maximum absolute atomic E-state index is 12.2. The van der Waals surface area contributed by atoms with Gasteiger partial charge in [-0.3, -0.25) is 4.99 Å². The zero-order valence-electron chi connectivity index (χ0n) is 11.0. The summed E-state index contributed by atoms with van der Waals surface area (Å²) in [5, 5.41) is 0. The molecule has 2 rings (SSSR count). The van der Waals surface area contributed by atoms with Gasteiger partial charge >= 0.3 is 6.36 Å². The van der Waals surface area contributed by atoms with Gasteiger partial charge in [0.25, 0.3) is 0 Å². The van der Waals surface area contributed by atoms with Crippen molar-refractivity contribution in [3.05, 3.63) is 65.7 Å². The Labute approximate surface area is 119 Å². The third-order valence-corrected chi connectivity index (χ3v) is 2.64. The number of amidine groups is 1. The van der Waals surface area contributed by atoms with Crippen molar-refractivity contribution < 1.29 is 17.9 Å². The highest BCUT2D eigenvalue weighted by atomic mass is 19.4. The predicted octanol–water partition coefficient (Wildman–Crippen LogP) is 3.49. The van der Waals surface area contributed by atoms with Crippen LogP contribution in [0.4, 0.5) is 13.2 Å². The van der Waals surface area contributed by atoms with Crippen molar-refractivity contribution in [3.8, 4) is 5.75 Å². The SMILES string of the molecule is NC(=NCc1ccccc1)c1cccc(OC(F)(F)F)c1. The molecule has 0 spiro atoms. The van der Waals surface area contributed by atoms with E-state index in [0.29, 0.717) is 12.1 Å². The van der Waals surface area contributed by atoms with E-state index >= 15 is 0 Å². The summed E-state index contributed by atoms with van der Waals surface area (Å²) in [4.78, 5) is 4.16. The summed E-state index contributed by atoms with van der Waals surface area (Å²) in [6.07, 6.45) is -4.73. The van der Waals surface area contributed by atoms with Gasteiger partial charge in [0, 0.05) is 5.56 Å². The first kappa shape index (κ1) is 14.9. The van der Waals surface area contributed by atoms with E-state index in [2.05, 4.69) is 9.73 Å². The van der Waals surface area contributed by atoms with Crippen molar-refractivity contribution in [2.75, 3.05) is 0 Å². The third kappa shape index (κ3) is 4.83. The van der Waals surface area contributed by atoms with E-state index in [1.54, 1.807) is 6.07 Å². The van der Waals surface area contributed by atoms with Gasteiger partial charge in [0.1, 0.15) is 11.6 Å². The number of halogens is 3. The Morgan fingerprint density at radius 3 is 2.43 bits per heavy atom. The number of nitrogens with zero attached hydrogens (tertiary/aromatic N) is 1. The van der Waals surface area contributed by atoms with Gasteiger partial charge in [0.2, 0.25) is 0 Å². The molecule has 2 N–H and O–H groups in total. The summed E-state index contributed by atoms with van der Waals surface area (Å²) in [6.45, 7) is 0.358. The van der Waals surface area contributed by atoms with E-state index in [-0.39, 0.29) is 11.6 Å². The molecule has 2 aromatic rings. The Kier molecular flexibility index (Phi) is 4.47. The number of rotatable bonds is 4. The van der Waals surface area contributed by atoms with E-state index in [1.807, 2.05) is 30.3 Å². The quantitative estimate of drug-likeness (QED) is 0.693. The standard InChI is InChI=1S/C15H13F3N2O/c16-15(17,18)21-13-8-4-7-12(9-13)14(19)20-10-11-5-2-1-3-6-11/h1-9H,10H2,(H2,19,20). The molecule has 0 aliphatic rings. The van der Waals surface area contributed by atoms with Crippen LogP contribution in [0.15, 0.2) is 59.6 Å². The topological polar surface area (TPSA) is 47.6 Å². The Hall–Kier alpha value is -2.50. The van der Waals surface area contributed by atoms with Gasteiger partial charge in [-0.25, -0.2) is 0 Å². The highest BCUT2D eigenvalue weighted by Crippen LogP contribution is 2.23. The lowest BCUT2D eigenvalue weighted by Crippen LogP contribution is -2.18. The Balaban J connectivity index is 2.12. The van der Waals surface area contributed by atoms with Crippen LogP contribution in [0.25, 0.3) is 0 Å². The van der Waals surface area contributed by atoms with Crippen LogP contribution in [0.5, 0.6) is 5.75 Å². The molecule has 0 radical (unpaired) electrons. The van der Waals surface area contributed by atoms with Crippen LogP contribution in [0.2, 0.25) is 0 Å². The van der Waals surface area contributed by atoms with Crippen LogP contribution in [0, 0.1) is 0 Å². The Morgan fingerprint density at radius 2 is 1.76 bits per heavy atom. The minimum atomic E-state index is -4.73. The summed E-state index contributed by atoms with van der Waals surface area (Å²) in [6, 6.07) is 14.8. The molecule has 0 unspecified atom stereocenters. The normalized spacial score (nSPS) is 12.2. The number of hydrogen-bond donors (Lipinski definition) is 1. The van der Waals surface area contributed by atoms with Crippen LogP contribution in [-0.2, 0) is 6.54 Å². The molecule has 3 nitrogen and oxygen atoms in total. The van der Waals surface area contributed by atoms with Crippen molar-refractivity contribution in [2.45, 2.75) is 12.9 Å². The van der Waals surface area contributed by atoms with Crippen molar-refractivity contribution in [2.24, 2.45) is 10.7 Å². The lowest BCUT2D eigenvalue weighted by Gasteiger charge is -2.10. The van der Waals surface area contributed by atoms with Gasteiger partial charge in [-0.1, -0.05) is 42.5 Å². The molecule has 21 heavy (non-hydrogen) atoms. The number of ether oxygens (including phenoxy) is 1. The summed E-state index contributed by atoms with van der Waals surface area (Å²) >= 11 is 0. The second kappa shape index (κ2) is 6.30. The summed E-state index contributed by atoms with van der Waals surface area (Å²) in [7, 11) is 0. The van der Waals surface area contributed by atoms with E-state index < -0.39 is 6.36 Å². The summed E-state index contributed by atoms with van der Waals surface area (Å²) < 4.78 is 40.3. The first-order valence-electron chi connectivity index (χ1n) is 6.14. The molecule has 2 aromatic carbocycles. The van der Waals surface area contributed by atoms with E-state index in [0.717, 1.165) is 5.56 Å². The Morgan fingerprint density at radius 1 is 1.05 bits per heavy atom. The molecule has 0 aromatic heterocycles. The molecule has 0 bridgehead atoms. The van der Waals surface area contributed by atoms with Gasteiger partial charge in [0.15, 0.2) is 0 Å². The largest absolute Gasteiger partial charge is 0.573 e. The molecule has 0 aliphatic carbocycles. The predicted molar refractivity (Wildman–Crippen MR) is 74.0 cm³/mol. The lowest BCUT2D eigenvalue weighted by atomic mass is 10.2. The van der Waals surface area contributed by atoms with E-state index in [4.69, 9.17) is 5.73 Å². The molecule has 0 saturated carbocycles. The maximum Gasteiger partial charge on any atom is 0.573 e. The van der Waals surface area contributed by atoms with Crippen molar-refractivity contribution in [1.82, 2.24) is 0 Å². The molecule has 0 atom stereocenters. The van der Waals surface area contributed by atoms with Crippen LogP contribution < -0.4 is 10.5 Å². The smallest absolute Gasteiger partial charge is 0.406 e. The average Bonchev–Trinajstić information content (AvgIpc) is 2.44. The minimum absolute atomic E-state index is 0.159. The zero-order chi connectivity index (χ0) is 15.3. The average molecular weight is 294 g/mol. The van der Waals surface area contributed by atoms with E-state index in [1.165, 1.54) is 18.2 Å². The molecule has 6 heteroatoms. The van der Waals surface area contributed by atoms with Crippen LogP contribution in [0.1, 0.15) is 11.1 Å².